The molecule has 0 radical (unpaired) electrons. The van der Waals surface area contributed by atoms with E-state index in [0.717, 1.165) is 17.5 Å². The van der Waals surface area contributed by atoms with E-state index in [9.17, 15) is 0 Å². The maximum atomic E-state index is 4.43. The van der Waals surface area contributed by atoms with Crippen LogP contribution >= 0.6 is 11.8 Å². The molecule has 2 heterocycles. The van der Waals surface area contributed by atoms with Crippen molar-refractivity contribution in [1.82, 2.24) is 10.4 Å². The van der Waals surface area contributed by atoms with Gasteiger partial charge in [-0.3, -0.25) is 10.4 Å². The summed E-state index contributed by atoms with van der Waals surface area (Å²) < 4.78 is 0. The number of thioether (sulfide) groups is 1. The Balaban J connectivity index is 1.93. The molecule has 2 atom stereocenters. The molecule has 1 saturated heterocycles. The van der Waals surface area contributed by atoms with Gasteiger partial charge in [-0.25, -0.2) is 5.01 Å². The van der Waals surface area contributed by atoms with Crippen molar-refractivity contribution in [2.24, 2.45) is 4.99 Å². The van der Waals surface area contributed by atoms with Crippen molar-refractivity contribution in [3.05, 3.63) is 0 Å². The van der Waals surface area contributed by atoms with Crippen LogP contribution in [0, 0.1) is 0 Å². The van der Waals surface area contributed by atoms with Crippen LogP contribution in [0.25, 0.3) is 0 Å². The van der Waals surface area contributed by atoms with Gasteiger partial charge in [0, 0.05) is 17.8 Å². The number of nitrogens with zero attached hydrogens (tertiary/aromatic N) is 2. The molecule has 0 aromatic heterocycles. The van der Waals surface area contributed by atoms with Crippen LogP contribution in [0.4, 0.5) is 0 Å². The second-order valence-corrected chi connectivity index (χ2v) is 5.27. The van der Waals surface area contributed by atoms with Gasteiger partial charge in [-0.1, -0.05) is 18.2 Å². The van der Waals surface area contributed by atoms with Crippen LogP contribution in [0.3, 0.4) is 0 Å². The molecule has 1 fully saturated rings. The molecule has 1 N–H and O–H groups in total. The summed E-state index contributed by atoms with van der Waals surface area (Å²) in [5.74, 6) is 1.14. The lowest BCUT2D eigenvalue weighted by Gasteiger charge is -2.39. The van der Waals surface area contributed by atoms with E-state index in [1.54, 1.807) is 0 Å². The summed E-state index contributed by atoms with van der Waals surface area (Å²) in [6, 6.07) is 1.28. The molecule has 2 aliphatic heterocycles. The average Bonchev–Trinajstić information content (AvgIpc) is 2.64. The van der Waals surface area contributed by atoms with E-state index < -0.39 is 0 Å². The molecular formula is C10H19N3S. The molecular weight excluding hydrogens is 194 g/mol. The zero-order valence-corrected chi connectivity index (χ0v) is 9.81. The fraction of sp³-hybridized carbons (Fsp3) is 0.900. The maximum absolute atomic E-state index is 4.43. The molecule has 14 heavy (non-hydrogen) atoms. The molecule has 2 unspecified atom stereocenters. The Morgan fingerprint density at radius 1 is 1.36 bits per heavy atom. The molecule has 0 saturated carbocycles. The minimum Gasteiger partial charge on any atom is -0.297 e. The quantitative estimate of drug-likeness (QED) is 0.720. The van der Waals surface area contributed by atoms with E-state index in [0.29, 0.717) is 12.1 Å². The van der Waals surface area contributed by atoms with Crippen LogP contribution in [0.15, 0.2) is 4.99 Å². The number of hydrogen-bond acceptors (Lipinski definition) is 4. The molecule has 0 aliphatic carbocycles. The van der Waals surface area contributed by atoms with Crippen LogP contribution in [-0.2, 0) is 0 Å². The third-order valence-electron chi connectivity index (χ3n) is 3.00. The molecule has 0 spiro atoms. The van der Waals surface area contributed by atoms with E-state index in [1.807, 2.05) is 11.8 Å². The van der Waals surface area contributed by atoms with Crippen LogP contribution < -0.4 is 5.43 Å². The van der Waals surface area contributed by atoms with Crippen molar-refractivity contribution in [3.63, 3.8) is 0 Å². The fourth-order valence-corrected chi connectivity index (χ4v) is 2.88. The zero-order valence-electron chi connectivity index (χ0n) is 8.99. The lowest BCUT2D eigenvalue weighted by atomic mass is 10.00. The Kier molecular flexibility index (Phi) is 3.34. The number of nitrogens with one attached hydrogen (secondary N) is 1. The number of piperidine rings is 1. The minimum atomic E-state index is 0.641. The second kappa shape index (κ2) is 4.53. The van der Waals surface area contributed by atoms with Gasteiger partial charge in [0.15, 0.2) is 5.17 Å². The van der Waals surface area contributed by atoms with Crippen molar-refractivity contribution in [1.29, 1.82) is 0 Å². The first-order valence-corrected chi connectivity index (χ1v) is 6.48. The van der Waals surface area contributed by atoms with E-state index in [2.05, 4.69) is 29.3 Å². The first-order chi connectivity index (χ1) is 6.77. The monoisotopic (exact) mass is 213 g/mol. The lowest BCUT2D eigenvalue weighted by molar-refractivity contribution is 0.0753. The highest BCUT2D eigenvalue weighted by Gasteiger charge is 2.25. The standard InChI is InChI=1S/C10H19N3S/c1-8-4-3-5-9(2)13(8)12-10-11-6-7-14-10/h8-9H,3-7H2,1-2H3,(H,11,12). The Labute approximate surface area is 90.3 Å². The van der Waals surface area contributed by atoms with Crippen molar-refractivity contribution < 1.29 is 0 Å². The Hall–Kier alpha value is -0.220. The third-order valence-corrected chi connectivity index (χ3v) is 3.88. The highest BCUT2D eigenvalue weighted by molar-refractivity contribution is 8.14. The van der Waals surface area contributed by atoms with Gasteiger partial charge in [-0.05, 0) is 26.7 Å². The van der Waals surface area contributed by atoms with Gasteiger partial charge in [0.2, 0.25) is 0 Å². The molecule has 0 aromatic rings. The molecule has 2 aliphatic rings. The Morgan fingerprint density at radius 2 is 2.07 bits per heavy atom. The van der Waals surface area contributed by atoms with Crippen LogP contribution in [0.5, 0.6) is 0 Å². The Morgan fingerprint density at radius 3 is 2.64 bits per heavy atom. The highest BCUT2D eigenvalue weighted by Crippen LogP contribution is 2.21. The first kappa shape index (κ1) is 10.3. The summed E-state index contributed by atoms with van der Waals surface area (Å²) in [5, 5.41) is 3.49. The summed E-state index contributed by atoms with van der Waals surface area (Å²) >= 11 is 1.84. The van der Waals surface area contributed by atoms with Crippen molar-refractivity contribution in [2.75, 3.05) is 12.3 Å². The van der Waals surface area contributed by atoms with Crippen molar-refractivity contribution >= 4 is 16.9 Å². The van der Waals surface area contributed by atoms with Crippen LogP contribution in [0.1, 0.15) is 33.1 Å². The smallest absolute Gasteiger partial charge is 0.171 e. The lowest BCUT2D eigenvalue weighted by Crippen LogP contribution is -2.53. The summed E-state index contributed by atoms with van der Waals surface area (Å²) in [6.07, 6.45) is 3.96. The van der Waals surface area contributed by atoms with E-state index in [-0.39, 0.29) is 0 Å². The number of hydrazine groups is 1. The highest BCUT2D eigenvalue weighted by atomic mass is 32.2. The van der Waals surface area contributed by atoms with Gasteiger partial charge >= 0.3 is 0 Å². The fourth-order valence-electron chi connectivity index (χ4n) is 2.15. The second-order valence-electron chi connectivity index (χ2n) is 4.18. The van der Waals surface area contributed by atoms with Crippen LogP contribution in [0.2, 0.25) is 0 Å². The number of amidine groups is 1. The molecule has 0 bridgehead atoms. The number of rotatable bonds is 1. The normalized spacial score (nSPS) is 34.3. The average molecular weight is 213 g/mol. The third kappa shape index (κ3) is 2.23. The van der Waals surface area contributed by atoms with Crippen molar-refractivity contribution in [2.45, 2.75) is 45.2 Å². The number of aliphatic imine (C=N–C) groups is 1. The molecule has 0 amide bonds. The number of hydrogen-bond donors (Lipinski definition) is 1. The minimum absolute atomic E-state index is 0.641. The zero-order chi connectivity index (χ0) is 9.97. The summed E-state index contributed by atoms with van der Waals surface area (Å²) in [4.78, 5) is 4.43. The van der Waals surface area contributed by atoms with Gasteiger partial charge in [0.05, 0.1) is 6.54 Å². The molecule has 3 nitrogen and oxygen atoms in total. The predicted octanol–water partition coefficient (Wildman–Crippen LogP) is 1.86. The predicted molar refractivity (Wildman–Crippen MR) is 62.5 cm³/mol. The molecule has 0 aromatic carbocycles. The van der Waals surface area contributed by atoms with E-state index in [4.69, 9.17) is 0 Å². The largest absolute Gasteiger partial charge is 0.297 e. The maximum Gasteiger partial charge on any atom is 0.171 e. The first-order valence-electron chi connectivity index (χ1n) is 5.49. The summed E-state index contributed by atoms with van der Waals surface area (Å²) in [6.45, 7) is 5.56. The van der Waals surface area contributed by atoms with E-state index in [1.165, 1.54) is 19.3 Å². The summed E-state index contributed by atoms with van der Waals surface area (Å²) in [7, 11) is 0. The molecule has 4 heteroatoms. The SMILES string of the molecule is CC1CCCC(C)N1NC1=NCCS1. The van der Waals surface area contributed by atoms with Crippen LogP contribution in [-0.4, -0.2) is 34.6 Å². The van der Waals surface area contributed by atoms with Crippen molar-refractivity contribution in [3.8, 4) is 0 Å². The van der Waals surface area contributed by atoms with E-state index >= 15 is 0 Å². The topological polar surface area (TPSA) is 27.6 Å². The van der Waals surface area contributed by atoms with Gasteiger partial charge in [0.1, 0.15) is 0 Å². The van der Waals surface area contributed by atoms with Gasteiger partial charge in [0.25, 0.3) is 0 Å². The summed E-state index contributed by atoms with van der Waals surface area (Å²) in [5.41, 5.74) is 3.46. The molecule has 2 rings (SSSR count). The van der Waals surface area contributed by atoms with Gasteiger partial charge in [-0.15, -0.1) is 0 Å². The van der Waals surface area contributed by atoms with Gasteiger partial charge in [-0.2, -0.15) is 0 Å². The van der Waals surface area contributed by atoms with Gasteiger partial charge < -0.3 is 0 Å². The Bertz CT molecular complexity index is 219. The molecule has 80 valence electrons.